The van der Waals surface area contributed by atoms with Crippen molar-refractivity contribution in [2.75, 3.05) is 13.1 Å². The minimum absolute atomic E-state index is 0.0130. The van der Waals surface area contributed by atoms with Gasteiger partial charge in [-0.25, -0.2) is 13.8 Å². The molecule has 1 aliphatic heterocycles. The van der Waals surface area contributed by atoms with Crippen LogP contribution in [0.3, 0.4) is 0 Å². The van der Waals surface area contributed by atoms with Gasteiger partial charge in [-0.15, -0.1) is 0 Å². The number of nitrogens with zero attached hydrogens (tertiary/aromatic N) is 3. The fraction of sp³-hybridized carbons (Fsp3) is 0.389. The molecule has 25 heavy (non-hydrogen) atoms. The summed E-state index contributed by atoms with van der Waals surface area (Å²) in [7, 11) is 0. The maximum atomic E-state index is 13.7. The zero-order valence-corrected chi connectivity index (χ0v) is 13.9. The summed E-state index contributed by atoms with van der Waals surface area (Å²) in [5, 5.41) is 0. The average molecular weight is 347 g/mol. The maximum absolute atomic E-state index is 13.7. The van der Waals surface area contributed by atoms with E-state index < -0.39 is 11.6 Å². The summed E-state index contributed by atoms with van der Waals surface area (Å²) in [6.45, 7) is 2.87. The monoisotopic (exact) mass is 347 g/mol. The number of rotatable bonds is 4. The van der Waals surface area contributed by atoms with Crippen LogP contribution in [-0.2, 0) is 11.2 Å². The van der Waals surface area contributed by atoms with Gasteiger partial charge in [0.1, 0.15) is 23.6 Å². The van der Waals surface area contributed by atoms with Crippen LogP contribution >= 0.6 is 0 Å². The predicted molar refractivity (Wildman–Crippen MR) is 87.1 cm³/mol. The van der Waals surface area contributed by atoms with Gasteiger partial charge in [-0.1, -0.05) is 6.07 Å². The standard InChI is InChI=1S/C18H19F2N3O2/c1-12-21-7-4-17(22-12)25-15-5-8-23(9-6-15)18(24)10-13-2-3-14(19)11-16(13)20/h2-4,7,11,15H,5-6,8-10H2,1H3. The van der Waals surface area contributed by atoms with Crippen molar-refractivity contribution in [1.29, 1.82) is 0 Å². The van der Waals surface area contributed by atoms with Crippen LogP contribution in [0.2, 0.25) is 0 Å². The Morgan fingerprint density at radius 3 is 2.72 bits per heavy atom. The minimum Gasteiger partial charge on any atom is -0.474 e. The topological polar surface area (TPSA) is 55.3 Å². The third-order valence-corrected chi connectivity index (χ3v) is 4.19. The molecule has 7 heteroatoms. The van der Waals surface area contributed by atoms with E-state index in [1.54, 1.807) is 24.1 Å². The number of benzene rings is 1. The summed E-state index contributed by atoms with van der Waals surface area (Å²) in [6.07, 6.45) is 2.93. The van der Waals surface area contributed by atoms with E-state index in [-0.39, 0.29) is 24.0 Å². The highest BCUT2D eigenvalue weighted by Gasteiger charge is 2.24. The minimum atomic E-state index is -0.689. The van der Waals surface area contributed by atoms with Gasteiger partial charge in [-0.2, -0.15) is 4.98 Å². The smallest absolute Gasteiger partial charge is 0.227 e. The molecule has 0 atom stereocenters. The van der Waals surface area contributed by atoms with E-state index >= 15 is 0 Å². The second kappa shape index (κ2) is 7.55. The summed E-state index contributed by atoms with van der Waals surface area (Å²) < 4.78 is 32.4. The van der Waals surface area contributed by atoms with Crippen molar-refractivity contribution in [2.24, 2.45) is 0 Å². The Balaban J connectivity index is 1.52. The molecule has 0 radical (unpaired) electrons. The van der Waals surface area contributed by atoms with E-state index in [1.807, 2.05) is 0 Å². The number of halogens is 2. The van der Waals surface area contributed by atoms with Gasteiger partial charge in [-0.05, 0) is 18.6 Å². The lowest BCUT2D eigenvalue weighted by molar-refractivity contribution is -0.132. The van der Waals surface area contributed by atoms with E-state index in [2.05, 4.69) is 9.97 Å². The zero-order chi connectivity index (χ0) is 17.8. The predicted octanol–water partition coefficient (Wildman–Crippen LogP) is 2.68. The molecule has 0 N–H and O–H groups in total. The molecule has 5 nitrogen and oxygen atoms in total. The van der Waals surface area contributed by atoms with Crippen molar-refractivity contribution < 1.29 is 18.3 Å². The van der Waals surface area contributed by atoms with Crippen LogP contribution in [0.4, 0.5) is 8.78 Å². The molecule has 1 fully saturated rings. The lowest BCUT2D eigenvalue weighted by atomic mass is 10.1. The lowest BCUT2D eigenvalue weighted by Crippen LogP contribution is -2.42. The van der Waals surface area contributed by atoms with E-state index in [4.69, 9.17) is 4.74 Å². The number of likely N-dealkylation sites (tertiary alicyclic amines) is 1. The lowest BCUT2D eigenvalue weighted by Gasteiger charge is -2.32. The number of ether oxygens (including phenoxy) is 1. The maximum Gasteiger partial charge on any atom is 0.227 e. The Kier molecular flexibility index (Phi) is 5.21. The van der Waals surface area contributed by atoms with Crippen molar-refractivity contribution >= 4 is 5.91 Å². The fourth-order valence-electron chi connectivity index (χ4n) is 2.83. The van der Waals surface area contributed by atoms with Crippen LogP contribution in [0.15, 0.2) is 30.5 Å². The normalized spacial score (nSPS) is 15.2. The van der Waals surface area contributed by atoms with Crippen molar-refractivity contribution in [3.63, 3.8) is 0 Å². The second-order valence-corrected chi connectivity index (χ2v) is 6.05. The number of aryl methyl sites for hydroxylation is 1. The van der Waals surface area contributed by atoms with Crippen LogP contribution in [0.1, 0.15) is 24.2 Å². The Hall–Kier alpha value is -2.57. The van der Waals surface area contributed by atoms with Gasteiger partial charge in [0.2, 0.25) is 11.8 Å². The molecule has 0 bridgehead atoms. The average Bonchev–Trinajstić information content (AvgIpc) is 2.58. The van der Waals surface area contributed by atoms with Gasteiger partial charge in [0, 0.05) is 44.3 Å². The highest BCUT2D eigenvalue weighted by atomic mass is 19.1. The first-order valence-electron chi connectivity index (χ1n) is 8.19. The Labute approximate surface area is 144 Å². The summed E-state index contributed by atoms with van der Waals surface area (Å²) in [5.41, 5.74) is 0.209. The van der Waals surface area contributed by atoms with Crippen LogP contribution in [0.25, 0.3) is 0 Å². The molecule has 0 saturated carbocycles. The van der Waals surface area contributed by atoms with Gasteiger partial charge >= 0.3 is 0 Å². The van der Waals surface area contributed by atoms with E-state index in [0.29, 0.717) is 37.6 Å². The summed E-state index contributed by atoms with van der Waals surface area (Å²) in [4.78, 5) is 22.2. The molecule has 0 aliphatic carbocycles. The van der Waals surface area contributed by atoms with Gasteiger partial charge < -0.3 is 9.64 Å². The summed E-state index contributed by atoms with van der Waals surface area (Å²) in [5.74, 6) is -0.323. The van der Waals surface area contributed by atoms with Gasteiger partial charge in [-0.3, -0.25) is 4.79 Å². The largest absolute Gasteiger partial charge is 0.474 e. The number of carbonyl (C=O) groups is 1. The number of carbonyl (C=O) groups excluding carboxylic acids is 1. The molecule has 1 saturated heterocycles. The number of hydrogen-bond acceptors (Lipinski definition) is 4. The Bertz CT molecular complexity index is 762. The SMILES string of the molecule is Cc1nccc(OC2CCN(C(=O)Cc3ccc(F)cc3F)CC2)n1. The second-order valence-electron chi connectivity index (χ2n) is 6.05. The molecular weight excluding hydrogens is 328 g/mol. The molecule has 2 heterocycles. The Morgan fingerprint density at radius 1 is 1.28 bits per heavy atom. The molecule has 1 aromatic carbocycles. The number of piperidine rings is 1. The van der Waals surface area contributed by atoms with E-state index in [0.717, 1.165) is 12.1 Å². The molecule has 132 valence electrons. The van der Waals surface area contributed by atoms with Crippen LogP contribution in [0, 0.1) is 18.6 Å². The number of hydrogen-bond donors (Lipinski definition) is 0. The van der Waals surface area contributed by atoms with Crippen molar-refractivity contribution in [2.45, 2.75) is 32.3 Å². The fourth-order valence-corrected chi connectivity index (χ4v) is 2.83. The van der Waals surface area contributed by atoms with Crippen LogP contribution in [-0.4, -0.2) is 40.0 Å². The van der Waals surface area contributed by atoms with E-state index in [1.165, 1.54) is 6.07 Å². The third-order valence-electron chi connectivity index (χ3n) is 4.19. The highest BCUT2D eigenvalue weighted by molar-refractivity contribution is 5.78. The molecule has 2 aromatic rings. The molecule has 0 spiro atoms. The Morgan fingerprint density at radius 2 is 2.04 bits per heavy atom. The first-order chi connectivity index (χ1) is 12.0. The molecule has 1 aromatic heterocycles. The van der Waals surface area contributed by atoms with Crippen LogP contribution < -0.4 is 4.74 Å². The molecule has 1 amide bonds. The zero-order valence-electron chi connectivity index (χ0n) is 13.9. The number of aromatic nitrogens is 2. The highest BCUT2D eigenvalue weighted by Crippen LogP contribution is 2.18. The quantitative estimate of drug-likeness (QED) is 0.853. The summed E-state index contributed by atoms with van der Waals surface area (Å²) >= 11 is 0. The van der Waals surface area contributed by atoms with Crippen molar-refractivity contribution in [3.8, 4) is 5.88 Å². The van der Waals surface area contributed by atoms with Crippen molar-refractivity contribution in [1.82, 2.24) is 14.9 Å². The van der Waals surface area contributed by atoms with Gasteiger partial charge in [0.05, 0.1) is 6.42 Å². The number of amides is 1. The molecular formula is C18H19F2N3O2. The molecule has 1 aliphatic rings. The first-order valence-corrected chi connectivity index (χ1v) is 8.19. The molecule has 0 unspecified atom stereocenters. The summed E-state index contributed by atoms with van der Waals surface area (Å²) in [6, 6.07) is 4.99. The van der Waals surface area contributed by atoms with Gasteiger partial charge in [0.15, 0.2) is 0 Å². The van der Waals surface area contributed by atoms with Gasteiger partial charge in [0.25, 0.3) is 0 Å². The van der Waals surface area contributed by atoms with Crippen molar-refractivity contribution in [3.05, 3.63) is 53.5 Å². The van der Waals surface area contributed by atoms with E-state index in [9.17, 15) is 13.6 Å². The third kappa shape index (κ3) is 4.49. The molecule has 3 rings (SSSR count). The van der Waals surface area contributed by atoms with Crippen LogP contribution in [0.5, 0.6) is 5.88 Å². The first kappa shape index (κ1) is 17.3.